The molecule has 0 atom stereocenters. The number of carbonyl (C=O) groups excluding carboxylic acids is 1. The third-order valence-electron chi connectivity index (χ3n) is 3.87. The summed E-state index contributed by atoms with van der Waals surface area (Å²) in [4.78, 5) is 13.9. The van der Waals surface area contributed by atoms with Crippen LogP contribution in [-0.2, 0) is 24.8 Å². The van der Waals surface area contributed by atoms with Crippen molar-refractivity contribution < 1.29 is 9.18 Å². The Morgan fingerprint density at radius 2 is 2.05 bits per heavy atom. The number of aromatic nitrogens is 2. The second kappa shape index (κ2) is 6.48. The molecule has 0 aliphatic rings. The van der Waals surface area contributed by atoms with Crippen molar-refractivity contribution in [3.63, 3.8) is 0 Å². The highest BCUT2D eigenvalue weighted by molar-refractivity contribution is 6.31. The minimum Gasteiger partial charge on any atom is -0.341 e. The van der Waals surface area contributed by atoms with Gasteiger partial charge in [0.05, 0.1) is 12.1 Å². The standard InChI is InChI=1S/C16H19ClFN3O/c1-10-12(11(2)21(4)19-10)8-16(22)20(3)9-13-14(17)6-5-7-15(13)18/h5-7H,8-9H2,1-4H3. The van der Waals surface area contributed by atoms with Crippen molar-refractivity contribution in [1.29, 1.82) is 0 Å². The second-order valence-electron chi connectivity index (χ2n) is 5.40. The van der Waals surface area contributed by atoms with E-state index in [1.165, 1.54) is 11.0 Å². The van der Waals surface area contributed by atoms with Crippen LogP contribution in [0.25, 0.3) is 0 Å². The van der Waals surface area contributed by atoms with E-state index in [1.807, 2.05) is 20.9 Å². The fourth-order valence-corrected chi connectivity index (χ4v) is 2.59. The Morgan fingerprint density at radius 1 is 1.36 bits per heavy atom. The van der Waals surface area contributed by atoms with Crippen LogP contribution in [0.1, 0.15) is 22.5 Å². The summed E-state index contributed by atoms with van der Waals surface area (Å²) in [5, 5.41) is 4.63. The van der Waals surface area contributed by atoms with Crippen LogP contribution in [0.5, 0.6) is 0 Å². The van der Waals surface area contributed by atoms with Gasteiger partial charge in [-0.1, -0.05) is 17.7 Å². The maximum absolute atomic E-state index is 13.8. The first-order valence-corrected chi connectivity index (χ1v) is 7.35. The van der Waals surface area contributed by atoms with Crippen molar-refractivity contribution in [1.82, 2.24) is 14.7 Å². The van der Waals surface area contributed by atoms with Crippen LogP contribution in [0.3, 0.4) is 0 Å². The van der Waals surface area contributed by atoms with Gasteiger partial charge in [0.1, 0.15) is 5.82 Å². The van der Waals surface area contributed by atoms with E-state index in [2.05, 4.69) is 5.10 Å². The normalized spacial score (nSPS) is 10.8. The van der Waals surface area contributed by atoms with E-state index in [4.69, 9.17) is 11.6 Å². The molecule has 0 saturated heterocycles. The SMILES string of the molecule is Cc1nn(C)c(C)c1CC(=O)N(C)Cc1c(F)cccc1Cl. The molecule has 0 unspecified atom stereocenters. The highest BCUT2D eigenvalue weighted by Crippen LogP contribution is 2.21. The van der Waals surface area contributed by atoms with Gasteiger partial charge in [0.15, 0.2) is 0 Å². The summed E-state index contributed by atoms with van der Waals surface area (Å²) >= 11 is 6.00. The van der Waals surface area contributed by atoms with E-state index in [0.717, 1.165) is 17.0 Å². The van der Waals surface area contributed by atoms with Crippen LogP contribution in [-0.4, -0.2) is 27.6 Å². The molecular weight excluding hydrogens is 305 g/mol. The summed E-state index contributed by atoms with van der Waals surface area (Å²) in [6, 6.07) is 4.51. The minimum atomic E-state index is -0.402. The lowest BCUT2D eigenvalue weighted by molar-refractivity contribution is -0.129. The van der Waals surface area contributed by atoms with Gasteiger partial charge in [-0.25, -0.2) is 4.39 Å². The molecule has 1 aromatic carbocycles. The van der Waals surface area contributed by atoms with E-state index in [9.17, 15) is 9.18 Å². The number of likely N-dealkylation sites (N-methyl/N-ethyl adjacent to an activating group) is 1. The van der Waals surface area contributed by atoms with Crippen LogP contribution >= 0.6 is 11.6 Å². The van der Waals surface area contributed by atoms with Crippen molar-refractivity contribution >= 4 is 17.5 Å². The summed E-state index contributed by atoms with van der Waals surface area (Å²) in [6.07, 6.45) is 0.244. The Bertz CT molecular complexity index is 691. The second-order valence-corrected chi connectivity index (χ2v) is 5.81. The van der Waals surface area contributed by atoms with Gasteiger partial charge in [0.2, 0.25) is 5.91 Å². The average Bonchev–Trinajstić information content (AvgIpc) is 2.69. The molecule has 0 saturated carbocycles. The van der Waals surface area contributed by atoms with Gasteiger partial charge < -0.3 is 4.90 Å². The van der Waals surface area contributed by atoms with E-state index in [0.29, 0.717) is 10.6 Å². The van der Waals surface area contributed by atoms with Gasteiger partial charge in [-0.3, -0.25) is 9.48 Å². The van der Waals surface area contributed by atoms with Crippen molar-refractivity contribution in [2.75, 3.05) is 7.05 Å². The molecule has 0 aliphatic carbocycles. The molecule has 4 nitrogen and oxygen atoms in total. The van der Waals surface area contributed by atoms with Gasteiger partial charge in [-0.2, -0.15) is 5.10 Å². The highest BCUT2D eigenvalue weighted by Gasteiger charge is 2.18. The fourth-order valence-electron chi connectivity index (χ4n) is 2.37. The Morgan fingerprint density at radius 3 is 2.59 bits per heavy atom. The molecule has 118 valence electrons. The topological polar surface area (TPSA) is 38.1 Å². The summed E-state index contributed by atoms with van der Waals surface area (Å²) in [5.74, 6) is -0.501. The van der Waals surface area contributed by atoms with Gasteiger partial charge in [0.25, 0.3) is 0 Å². The molecule has 1 heterocycles. The monoisotopic (exact) mass is 323 g/mol. The van der Waals surface area contributed by atoms with E-state index in [-0.39, 0.29) is 18.9 Å². The Kier molecular flexibility index (Phi) is 4.86. The molecule has 2 aromatic rings. The number of aryl methyl sites for hydroxylation is 2. The zero-order chi connectivity index (χ0) is 16.4. The van der Waals surface area contributed by atoms with Crippen molar-refractivity contribution in [3.8, 4) is 0 Å². The molecule has 0 radical (unpaired) electrons. The number of amides is 1. The summed E-state index contributed by atoms with van der Waals surface area (Å²) < 4.78 is 15.6. The smallest absolute Gasteiger partial charge is 0.227 e. The highest BCUT2D eigenvalue weighted by atomic mass is 35.5. The largest absolute Gasteiger partial charge is 0.341 e. The van der Waals surface area contributed by atoms with Crippen molar-refractivity contribution in [2.24, 2.45) is 7.05 Å². The zero-order valence-corrected chi connectivity index (χ0v) is 13.9. The molecular formula is C16H19ClFN3O. The van der Waals surface area contributed by atoms with Gasteiger partial charge in [-0.05, 0) is 26.0 Å². The van der Waals surface area contributed by atoms with Crippen LogP contribution in [0, 0.1) is 19.7 Å². The Hall–Kier alpha value is -1.88. The first-order chi connectivity index (χ1) is 10.3. The lowest BCUT2D eigenvalue weighted by Crippen LogP contribution is -2.28. The van der Waals surface area contributed by atoms with Gasteiger partial charge >= 0.3 is 0 Å². The first-order valence-electron chi connectivity index (χ1n) is 6.97. The zero-order valence-electron chi connectivity index (χ0n) is 13.2. The summed E-state index contributed by atoms with van der Waals surface area (Å²) in [6.45, 7) is 3.95. The van der Waals surface area contributed by atoms with Crippen LogP contribution in [0.4, 0.5) is 4.39 Å². The van der Waals surface area contributed by atoms with E-state index < -0.39 is 5.82 Å². The maximum atomic E-state index is 13.8. The van der Waals surface area contributed by atoms with Crippen molar-refractivity contribution in [3.05, 3.63) is 51.6 Å². The molecule has 1 aromatic heterocycles. The average molecular weight is 324 g/mol. The molecule has 0 aliphatic heterocycles. The molecule has 2 rings (SSSR count). The van der Waals surface area contributed by atoms with E-state index in [1.54, 1.807) is 23.9 Å². The predicted molar refractivity (Wildman–Crippen MR) is 84.3 cm³/mol. The van der Waals surface area contributed by atoms with Crippen molar-refractivity contribution in [2.45, 2.75) is 26.8 Å². The van der Waals surface area contributed by atoms with Crippen LogP contribution in [0.15, 0.2) is 18.2 Å². The van der Waals surface area contributed by atoms with Crippen LogP contribution in [0.2, 0.25) is 5.02 Å². The van der Waals surface area contributed by atoms with Crippen LogP contribution < -0.4 is 0 Å². The third-order valence-corrected chi connectivity index (χ3v) is 4.22. The molecule has 0 spiro atoms. The molecule has 0 bridgehead atoms. The lowest BCUT2D eigenvalue weighted by Gasteiger charge is -2.18. The lowest BCUT2D eigenvalue weighted by atomic mass is 10.1. The number of nitrogens with zero attached hydrogens (tertiary/aromatic N) is 3. The summed E-state index contributed by atoms with van der Waals surface area (Å²) in [7, 11) is 3.49. The summed E-state index contributed by atoms with van der Waals surface area (Å²) in [5.41, 5.74) is 3.05. The third kappa shape index (κ3) is 3.30. The number of carbonyl (C=O) groups is 1. The number of hydrogen-bond acceptors (Lipinski definition) is 2. The maximum Gasteiger partial charge on any atom is 0.227 e. The molecule has 22 heavy (non-hydrogen) atoms. The predicted octanol–water partition coefficient (Wildman–Crippen LogP) is 3.03. The molecule has 0 N–H and O–H groups in total. The molecule has 1 amide bonds. The number of rotatable bonds is 4. The Balaban J connectivity index is 2.13. The van der Waals surface area contributed by atoms with Gasteiger partial charge in [-0.15, -0.1) is 0 Å². The van der Waals surface area contributed by atoms with E-state index >= 15 is 0 Å². The number of halogens is 2. The van der Waals surface area contributed by atoms with Gasteiger partial charge in [0, 0.05) is 42.5 Å². The Labute approximate surface area is 134 Å². The quantitative estimate of drug-likeness (QED) is 0.867. The molecule has 0 fully saturated rings. The molecule has 6 heteroatoms. The fraction of sp³-hybridized carbons (Fsp3) is 0.375. The minimum absolute atomic E-state index is 0.0986. The number of benzene rings is 1. The first kappa shape index (κ1) is 16.5. The number of hydrogen-bond donors (Lipinski definition) is 0.